The first-order chi connectivity index (χ1) is 13.4. The molecule has 3 atom stereocenters. The second-order valence-electron chi connectivity index (χ2n) is 6.51. The van der Waals surface area contributed by atoms with Crippen molar-refractivity contribution in [3.8, 4) is 5.75 Å². The zero-order valence-corrected chi connectivity index (χ0v) is 16.2. The summed E-state index contributed by atoms with van der Waals surface area (Å²) in [5.74, 6) is 0.598. The topological polar surface area (TPSA) is 127 Å². The molecule has 28 heavy (non-hydrogen) atoms. The lowest BCUT2D eigenvalue weighted by molar-refractivity contribution is -0.0715. The van der Waals surface area contributed by atoms with Crippen LogP contribution in [0.2, 0.25) is 0 Å². The number of aliphatic hydroxyl groups is 4. The molecule has 2 aromatic carbocycles. The molecule has 8 nitrogen and oxygen atoms in total. The van der Waals surface area contributed by atoms with E-state index in [9.17, 15) is 15.3 Å². The van der Waals surface area contributed by atoms with Crippen LogP contribution in [0.5, 0.6) is 5.75 Å². The number of azo groups is 1. The largest absolute Gasteiger partial charge is 0.494 e. The van der Waals surface area contributed by atoms with Crippen molar-refractivity contribution in [3.63, 3.8) is 0 Å². The number of nitrogens with one attached hydrogen (secondary N) is 1. The Morgan fingerprint density at radius 3 is 2.29 bits per heavy atom. The smallest absolute Gasteiger partial charge is 0.146 e. The zero-order valence-electron chi connectivity index (χ0n) is 16.2. The summed E-state index contributed by atoms with van der Waals surface area (Å²) in [6.45, 7) is 3.22. The van der Waals surface area contributed by atoms with E-state index >= 15 is 0 Å². The van der Waals surface area contributed by atoms with Crippen LogP contribution in [0.25, 0.3) is 0 Å². The number of nitrogens with zero attached hydrogens (tertiary/aromatic N) is 2. The second kappa shape index (κ2) is 10.1. The number of ether oxygens (including phenoxy) is 1. The summed E-state index contributed by atoms with van der Waals surface area (Å²) in [6.07, 6.45) is -4.16. The van der Waals surface area contributed by atoms with E-state index in [0.717, 1.165) is 11.1 Å². The van der Waals surface area contributed by atoms with E-state index in [-0.39, 0.29) is 6.54 Å². The summed E-state index contributed by atoms with van der Waals surface area (Å²) in [5, 5.41) is 49.7. The van der Waals surface area contributed by atoms with Crippen molar-refractivity contribution in [2.75, 3.05) is 25.6 Å². The van der Waals surface area contributed by atoms with Crippen LogP contribution < -0.4 is 10.1 Å². The summed E-state index contributed by atoms with van der Waals surface area (Å²) in [6, 6.07) is 11.0. The molecule has 0 radical (unpaired) electrons. The van der Waals surface area contributed by atoms with E-state index in [1.165, 1.54) is 0 Å². The predicted octanol–water partition coefficient (Wildman–Crippen LogP) is 2.21. The van der Waals surface area contributed by atoms with E-state index in [1.807, 2.05) is 38.1 Å². The van der Waals surface area contributed by atoms with Gasteiger partial charge in [-0.3, -0.25) is 0 Å². The summed E-state index contributed by atoms with van der Waals surface area (Å²) in [4.78, 5) is 0. The quantitative estimate of drug-likeness (QED) is 0.419. The van der Waals surface area contributed by atoms with Gasteiger partial charge >= 0.3 is 0 Å². The van der Waals surface area contributed by atoms with Gasteiger partial charge in [-0.25, -0.2) is 0 Å². The molecule has 0 fully saturated rings. The highest BCUT2D eigenvalue weighted by atomic mass is 16.5. The Morgan fingerprint density at radius 2 is 1.61 bits per heavy atom. The molecule has 0 aliphatic rings. The predicted molar refractivity (Wildman–Crippen MR) is 107 cm³/mol. The lowest BCUT2D eigenvalue weighted by Crippen LogP contribution is -2.42. The molecule has 0 heterocycles. The average molecular weight is 389 g/mol. The Morgan fingerprint density at radius 1 is 0.964 bits per heavy atom. The minimum Gasteiger partial charge on any atom is -0.494 e. The Balaban J connectivity index is 2.23. The maximum Gasteiger partial charge on any atom is 0.146 e. The van der Waals surface area contributed by atoms with Crippen molar-refractivity contribution in [1.29, 1.82) is 0 Å². The number of rotatable bonds is 9. The van der Waals surface area contributed by atoms with Crippen LogP contribution in [0.3, 0.4) is 0 Å². The molecule has 0 unspecified atom stereocenters. The van der Waals surface area contributed by atoms with Crippen LogP contribution in [0.4, 0.5) is 17.1 Å². The van der Waals surface area contributed by atoms with Crippen LogP contribution >= 0.6 is 0 Å². The number of para-hydroxylation sites is 1. The molecule has 0 spiro atoms. The van der Waals surface area contributed by atoms with Gasteiger partial charge in [0.1, 0.15) is 29.3 Å². The van der Waals surface area contributed by atoms with Gasteiger partial charge in [0.25, 0.3) is 0 Å². The Kier molecular flexibility index (Phi) is 7.89. The molecule has 0 saturated carbocycles. The van der Waals surface area contributed by atoms with Crippen molar-refractivity contribution < 1.29 is 25.2 Å². The van der Waals surface area contributed by atoms with Gasteiger partial charge in [-0.2, -0.15) is 0 Å². The Hall–Kier alpha value is -2.52. The monoisotopic (exact) mass is 389 g/mol. The maximum atomic E-state index is 10.0. The standard InChI is InChI=1S/C20H27N3O5/c1-12-8-15(21-10-17(25)20(27)18(26)11-24)16(9-13(12)2)23-22-14-6-4-5-7-19(14)28-3/h4-9,17-18,20-21,24-27H,10-11H2,1-3H3/t17-,18+,20-/m0/s1. The summed E-state index contributed by atoms with van der Waals surface area (Å²) >= 11 is 0. The van der Waals surface area contributed by atoms with Crippen molar-refractivity contribution in [2.24, 2.45) is 10.2 Å². The number of anilines is 1. The Labute approximate surface area is 164 Å². The molecule has 0 bridgehead atoms. The van der Waals surface area contributed by atoms with Gasteiger partial charge in [-0.1, -0.05) is 12.1 Å². The molecule has 0 aliphatic heterocycles. The summed E-state index contributed by atoms with van der Waals surface area (Å²) < 4.78 is 5.27. The fourth-order valence-electron chi connectivity index (χ4n) is 2.55. The number of hydrogen-bond acceptors (Lipinski definition) is 8. The molecular weight excluding hydrogens is 362 g/mol. The van der Waals surface area contributed by atoms with Crippen molar-refractivity contribution in [1.82, 2.24) is 0 Å². The summed E-state index contributed by atoms with van der Waals surface area (Å²) in [7, 11) is 1.56. The van der Waals surface area contributed by atoms with Gasteiger partial charge < -0.3 is 30.5 Å². The molecule has 0 aromatic heterocycles. The number of aryl methyl sites for hydroxylation is 2. The van der Waals surface area contributed by atoms with Crippen LogP contribution in [0.1, 0.15) is 11.1 Å². The highest BCUT2D eigenvalue weighted by Gasteiger charge is 2.24. The van der Waals surface area contributed by atoms with Gasteiger partial charge in [-0.15, -0.1) is 10.2 Å². The molecule has 8 heteroatoms. The van der Waals surface area contributed by atoms with E-state index in [0.29, 0.717) is 22.8 Å². The molecule has 2 rings (SSSR count). The zero-order chi connectivity index (χ0) is 20.7. The van der Waals surface area contributed by atoms with Crippen LogP contribution in [0.15, 0.2) is 46.6 Å². The fraction of sp³-hybridized carbons (Fsp3) is 0.400. The molecule has 2 aromatic rings. The number of aliphatic hydroxyl groups excluding tert-OH is 4. The molecular formula is C20H27N3O5. The highest BCUT2D eigenvalue weighted by Crippen LogP contribution is 2.33. The second-order valence-corrected chi connectivity index (χ2v) is 6.51. The van der Waals surface area contributed by atoms with Gasteiger partial charge in [0.15, 0.2) is 0 Å². The van der Waals surface area contributed by atoms with Crippen molar-refractivity contribution in [2.45, 2.75) is 32.2 Å². The van der Waals surface area contributed by atoms with Crippen LogP contribution in [-0.2, 0) is 0 Å². The highest BCUT2D eigenvalue weighted by molar-refractivity contribution is 5.68. The molecule has 5 N–H and O–H groups in total. The summed E-state index contributed by atoms with van der Waals surface area (Å²) in [5.41, 5.74) is 3.79. The normalized spacial score (nSPS) is 14.7. The average Bonchev–Trinajstić information content (AvgIpc) is 2.71. The molecule has 0 aliphatic carbocycles. The number of methoxy groups -OCH3 is 1. The third kappa shape index (κ3) is 5.49. The minimum atomic E-state index is -1.47. The van der Waals surface area contributed by atoms with Crippen molar-refractivity contribution >= 4 is 17.1 Å². The third-order valence-electron chi connectivity index (χ3n) is 4.44. The van der Waals surface area contributed by atoms with Gasteiger partial charge in [0, 0.05) is 6.54 Å². The Bertz CT molecular complexity index is 812. The van der Waals surface area contributed by atoms with Crippen LogP contribution in [0, 0.1) is 13.8 Å². The minimum absolute atomic E-state index is 0.0437. The SMILES string of the molecule is COc1ccccc1N=Nc1cc(C)c(C)cc1NC[C@H](O)[C@H](O)[C@H](O)CO. The maximum absolute atomic E-state index is 10.0. The van der Waals surface area contributed by atoms with E-state index in [4.69, 9.17) is 9.84 Å². The fourth-order valence-corrected chi connectivity index (χ4v) is 2.55. The van der Waals surface area contributed by atoms with E-state index < -0.39 is 24.9 Å². The van der Waals surface area contributed by atoms with Gasteiger partial charge in [-0.05, 0) is 49.2 Å². The lowest BCUT2D eigenvalue weighted by atomic mass is 10.1. The first-order valence-electron chi connectivity index (χ1n) is 8.92. The first-order valence-corrected chi connectivity index (χ1v) is 8.92. The third-order valence-corrected chi connectivity index (χ3v) is 4.44. The number of benzene rings is 2. The van der Waals surface area contributed by atoms with Gasteiger partial charge in [0.2, 0.25) is 0 Å². The molecule has 0 amide bonds. The van der Waals surface area contributed by atoms with Gasteiger partial charge in [0.05, 0.1) is 25.5 Å². The molecule has 0 saturated heterocycles. The first kappa shape index (κ1) is 21.8. The van der Waals surface area contributed by atoms with Crippen LogP contribution in [-0.4, -0.2) is 59.0 Å². The van der Waals surface area contributed by atoms with E-state index in [2.05, 4.69) is 15.5 Å². The molecule has 152 valence electrons. The lowest BCUT2D eigenvalue weighted by Gasteiger charge is -2.22. The number of hydrogen-bond donors (Lipinski definition) is 5. The van der Waals surface area contributed by atoms with E-state index in [1.54, 1.807) is 19.2 Å². The van der Waals surface area contributed by atoms with Crippen molar-refractivity contribution in [3.05, 3.63) is 47.5 Å².